The third kappa shape index (κ3) is 4.43. The zero-order valence-electron chi connectivity index (χ0n) is 12.2. The Morgan fingerprint density at radius 3 is 2.33 bits per heavy atom. The molecule has 1 saturated carbocycles. The molecule has 1 aliphatic carbocycles. The van der Waals surface area contributed by atoms with Crippen LogP contribution in [0.25, 0.3) is 0 Å². The van der Waals surface area contributed by atoms with E-state index in [-0.39, 0.29) is 16.4 Å². The fraction of sp³-hybridized carbons (Fsp3) is 0.643. The van der Waals surface area contributed by atoms with E-state index in [0.29, 0.717) is 13.1 Å². The summed E-state index contributed by atoms with van der Waals surface area (Å²) >= 11 is 1.76. The smallest absolute Gasteiger partial charge is 0.370 e. The van der Waals surface area contributed by atoms with E-state index < -0.39 is 11.7 Å². The molecule has 1 heterocycles. The molecule has 0 bridgehead atoms. The Kier molecular flexibility index (Phi) is 4.91. The molecule has 1 aromatic rings. The van der Waals surface area contributed by atoms with E-state index >= 15 is 0 Å². The summed E-state index contributed by atoms with van der Waals surface area (Å²) in [6.45, 7) is 3.20. The largest absolute Gasteiger partial charge is 0.416 e. The van der Waals surface area contributed by atoms with Gasteiger partial charge in [0.05, 0.1) is 5.56 Å². The number of rotatable bonds is 7. The Morgan fingerprint density at radius 2 is 1.86 bits per heavy atom. The highest BCUT2D eigenvalue weighted by molar-refractivity contribution is 8.00. The number of aromatic nitrogens is 1. The van der Waals surface area contributed by atoms with Crippen molar-refractivity contribution in [2.24, 2.45) is 0 Å². The number of nitrogens with one attached hydrogen (secondary N) is 2. The van der Waals surface area contributed by atoms with E-state index in [1.54, 1.807) is 11.8 Å². The van der Waals surface area contributed by atoms with Gasteiger partial charge in [-0.25, -0.2) is 4.98 Å². The molecule has 1 fully saturated rings. The maximum atomic E-state index is 12.9. The van der Waals surface area contributed by atoms with Gasteiger partial charge >= 0.3 is 6.18 Å². The third-order valence-electron chi connectivity index (χ3n) is 3.54. The minimum Gasteiger partial charge on any atom is -0.370 e. The van der Waals surface area contributed by atoms with Crippen molar-refractivity contribution < 1.29 is 13.2 Å². The fourth-order valence-electron chi connectivity index (χ4n) is 1.97. The summed E-state index contributed by atoms with van der Waals surface area (Å²) in [7, 11) is 0. The maximum Gasteiger partial charge on any atom is 0.416 e. The SMILES string of the molecule is CCCNc1cc(C(F)(F)F)cc(NCC2(SC)CC2)n1. The highest BCUT2D eigenvalue weighted by Crippen LogP contribution is 2.47. The predicted molar refractivity (Wildman–Crippen MR) is 82.0 cm³/mol. The van der Waals surface area contributed by atoms with Crippen LogP contribution in [0.15, 0.2) is 12.1 Å². The Bertz CT molecular complexity index is 487. The van der Waals surface area contributed by atoms with Gasteiger partial charge < -0.3 is 10.6 Å². The minimum absolute atomic E-state index is 0.174. The van der Waals surface area contributed by atoms with Crippen LogP contribution in [0.4, 0.5) is 24.8 Å². The van der Waals surface area contributed by atoms with Crippen LogP contribution in [0.5, 0.6) is 0 Å². The molecule has 1 aliphatic rings. The maximum absolute atomic E-state index is 12.9. The lowest BCUT2D eigenvalue weighted by Gasteiger charge is -2.16. The van der Waals surface area contributed by atoms with Crippen LogP contribution in [-0.4, -0.2) is 29.1 Å². The predicted octanol–water partition coefficient (Wildman–Crippen LogP) is 4.23. The van der Waals surface area contributed by atoms with Gasteiger partial charge in [-0.3, -0.25) is 0 Å². The molecule has 0 radical (unpaired) electrons. The van der Waals surface area contributed by atoms with E-state index in [1.165, 1.54) is 0 Å². The Labute approximate surface area is 127 Å². The van der Waals surface area contributed by atoms with E-state index in [4.69, 9.17) is 0 Å². The number of hydrogen-bond donors (Lipinski definition) is 2. The van der Waals surface area contributed by atoms with Gasteiger partial charge in [0, 0.05) is 17.8 Å². The molecule has 0 saturated heterocycles. The number of alkyl halides is 3. The number of halogens is 3. The topological polar surface area (TPSA) is 37.0 Å². The van der Waals surface area contributed by atoms with Gasteiger partial charge in [-0.15, -0.1) is 0 Å². The second-order valence-electron chi connectivity index (χ2n) is 5.29. The first-order chi connectivity index (χ1) is 9.88. The number of thioether (sulfide) groups is 1. The Balaban J connectivity index is 2.14. The van der Waals surface area contributed by atoms with Gasteiger partial charge in [-0.05, 0) is 37.7 Å². The first kappa shape index (κ1) is 16.3. The summed E-state index contributed by atoms with van der Waals surface area (Å²) in [5.74, 6) is 0.548. The number of nitrogens with zero attached hydrogens (tertiary/aromatic N) is 1. The van der Waals surface area contributed by atoms with Crippen LogP contribution in [-0.2, 0) is 6.18 Å². The number of anilines is 2. The van der Waals surface area contributed by atoms with Gasteiger partial charge in [-0.1, -0.05) is 6.92 Å². The van der Waals surface area contributed by atoms with E-state index in [1.807, 2.05) is 13.2 Å². The van der Waals surface area contributed by atoms with Gasteiger partial charge in [0.1, 0.15) is 11.6 Å². The lowest BCUT2D eigenvalue weighted by molar-refractivity contribution is -0.137. The molecular formula is C14H20F3N3S. The van der Waals surface area contributed by atoms with Crippen LogP contribution in [0.3, 0.4) is 0 Å². The fourth-order valence-corrected chi connectivity index (χ4v) is 2.70. The average molecular weight is 319 g/mol. The quantitative estimate of drug-likeness (QED) is 0.788. The molecule has 0 amide bonds. The van der Waals surface area contributed by atoms with Gasteiger partial charge in [0.2, 0.25) is 0 Å². The molecular weight excluding hydrogens is 299 g/mol. The Hall–Kier alpha value is -1.11. The molecule has 0 atom stereocenters. The monoisotopic (exact) mass is 319 g/mol. The first-order valence-electron chi connectivity index (χ1n) is 7.01. The standard InChI is InChI=1S/C14H20F3N3S/c1-3-6-18-11-7-10(14(15,16)17)8-12(20-11)19-9-13(21-2)4-5-13/h7-8H,3-6,9H2,1-2H3,(H2,18,19,20). The summed E-state index contributed by atoms with van der Waals surface area (Å²) in [4.78, 5) is 4.22. The van der Waals surface area contributed by atoms with Gasteiger partial charge in [0.25, 0.3) is 0 Å². The normalized spacial score (nSPS) is 16.6. The van der Waals surface area contributed by atoms with E-state index in [9.17, 15) is 13.2 Å². The van der Waals surface area contributed by atoms with Gasteiger partial charge in [0.15, 0.2) is 0 Å². The van der Waals surface area contributed by atoms with Crippen molar-refractivity contribution in [3.8, 4) is 0 Å². The van der Waals surface area contributed by atoms with Crippen molar-refractivity contribution in [3.63, 3.8) is 0 Å². The lowest BCUT2D eigenvalue weighted by Crippen LogP contribution is -2.19. The molecule has 0 spiro atoms. The third-order valence-corrected chi connectivity index (χ3v) is 4.96. The van der Waals surface area contributed by atoms with Crippen LogP contribution in [0.2, 0.25) is 0 Å². The van der Waals surface area contributed by atoms with Crippen molar-refractivity contribution in [2.75, 3.05) is 30.0 Å². The summed E-state index contributed by atoms with van der Waals surface area (Å²) in [6, 6.07) is 2.13. The zero-order valence-corrected chi connectivity index (χ0v) is 13.0. The Morgan fingerprint density at radius 1 is 1.24 bits per heavy atom. The molecule has 118 valence electrons. The average Bonchev–Trinajstić information content (AvgIpc) is 3.22. The van der Waals surface area contributed by atoms with Crippen molar-refractivity contribution in [1.29, 1.82) is 0 Å². The molecule has 1 aromatic heterocycles. The molecule has 7 heteroatoms. The number of hydrogen-bond acceptors (Lipinski definition) is 4. The van der Waals surface area contributed by atoms with Crippen molar-refractivity contribution in [3.05, 3.63) is 17.7 Å². The molecule has 0 aromatic carbocycles. The molecule has 0 aliphatic heterocycles. The van der Waals surface area contributed by atoms with Crippen LogP contribution in [0, 0.1) is 0 Å². The highest BCUT2D eigenvalue weighted by Gasteiger charge is 2.41. The molecule has 2 N–H and O–H groups in total. The second kappa shape index (κ2) is 6.34. The second-order valence-corrected chi connectivity index (χ2v) is 6.57. The lowest BCUT2D eigenvalue weighted by atomic mass is 10.2. The van der Waals surface area contributed by atoms with Gasteiger partial charge in [-0.2, -0.15) is 24.9 Å². The van der Waals surface area contributed by atoms with Crippen LogP contribution < -0.4 is 10.6 Å². The number of pyridine rings is 1. The summed E-state index contributed by atoms with van der Waals surface area (Å²) in [5, 5.41) is 5.97. The summed E-state index contributed by atoms with van der Waals surface area (Å²) in [6.07, 6.45) is 0.694. The highest BCUT2D eigenvalue weighted by atomic mass is 32.2. The van der Waals surface area contributed by atoms with Crippen molar-refractivity contribution >= 4 is 23.4 Å². The molecule has 0 unspecified atom stereocenters. The zero-order chi connectivity index (χ0) is 15.5. The summed E-state index contributed by atoms with van der Waals surface area (Å²) in [5.41, 5.74) is -0.674. The van der Waals surface area contributed by atoms with Crippen molar-refractivity contribution in [2.45, 2.75) is 37.1 Å². The molecule has 2 rings (SSSR count). The molecule has 3 nitrogen and oxygen atoms in total. The minimum atomic E-state index is -4.36. The summed E-state index contributed by atoms with van der Waals surface area (Å²) < 4.78 is 39.0. The van der Waals surface area contributed by atoms with Crippen LogP contribution >= 0.6 is 11.8 Å². The van der Waals surface area contributed by atoms with Crippen molar-refractivity contribution in [1.82, 2.24) is 4.98 Å². The van der Waals surface area contributed by atoms with E-state index in [0.717, 1.165) is 31.4 Å². The van der Waals surface area contributed by atoms with Crippen LogP contribution in [0.1, 0.15) is 31.7 Å². The molecule has 21 heavy (non-hydrogen) atoms. The first-order valence-corrected chi connectivity index (χ1v) is 8.23. The van der Waals surface area contributed by atoms with E-state index in [2.05, 4.69) is 15.6 Å².